The van der Waals surface area contributed by atoms with Gasteiger partial charge in [-0.25, -0.2) is 0 Å². The SMILES string of the molecule is CC(C)CC(Cl)CCCC(C)(C)C. The topological polar surface area (TPSA) is 0 Å². The van der Waals surface area contributed by atoms with Gasteiger partial charge < -0.3 is 0 Å². The molecule has 0 radical (unpaired) electrons. The van der Waals surface area contributed by atoms with Gasteiger partial charge in [0.05, 0.1) is 0 Å². The summed E-state index contributed by atoms with van der Waals surface area (Å²) in [6.07, 6.45) is 4.89. The van der Waals surface area contributed by atoms with E-state index < -0.39 is 0 Å². The van der Waals surface area contributed by atoms with Crippen LogP contribution in [-0.4, -0.2) is 5.38 Å². The van der Waals surface area contributed by atoms with Crippen LogP contribution in [-0.2, 0) is 0 Å². The van der Waals surface area contributed by atoms with Crippen molar-refractivity contribution in [3.63, 3.8) is 0 Å². The Morgan fingerprint density at radius 3 is 2.08 bits per heavy atom. The number of halogens is 1. The molecule has 0 aliphatic heterocycles. The number of rotatable bonds is 5. The summed E-state index contributed by atoms with van der Waals surface area (Å²) < 4.78 is 0. The van der Waals surface area contributed by atoms with E-state index in [9.17, 15) is 0 Å². The van der Waals surface area contributed by atoms with Crippen LogP contribution in [0.2, 0.25) is 0 Å². The normalized spacial score (nSPS) is 15.0. The molecule has 0 aliphatic carbocycles. The molecule has 0 nitrogen and oxygen atoms in total. The molecule has 0 saturated carbocycles. The van der Waals surface area contributed by atoms with Gasteiger partial charge in [-0.1, -0.05) is 41.0 Å². The zero-order valence-electron chi connectivity index (χ0n) is 9.86. The molecule has 0 aliphatic rings. The number of hydrogen-bond acceptors (Lipinski definition) is 0. The van der Waals surface area contributed by atoms with Crippen molar-refractivity contribution in [2.45, 2.75) is 65.7 Å². The Kier molecular flexibility index (Phi) is 6.04. The third-order valence-electron chi connectivity index (χ3n) is 2.17. The number of alkyl halides is 1. The molecule has 0 aromatic heterocycles. The van der Waals surface area contributed by atoms with Crippen LogP contribution in [0.4, 0.5) is 0 Å². The third-order valence-corrected chi connectivity index (χ3v) is 2.57. The van der Waals surface area contributed by atoms with Crippen LogP contribution in [0.3, 0.4) is 0 Å². The van der Waals surface area contributed by atoms with Gasteiger partial charge in [-0.15, -0.1) is 11.6 Å². The Hall–Kier alpha value is 0.290. The fraction of sp³-hybridized carbons (Fsp3) is 1.00. The average molecular weight is 205 g/mol. The first-order valence-electron chi connectivity index (χ1n) is 5.45. The number of hydrogen-bond donors (Lipinski definition) is 0. The maximum absolute atomic E-state index is 6.20. The quantitative estimate of drug-likeness (QED) is 0.562. The van der Waals surface area contributed by atoms with Gasteiger partial charge in [0.15, 0.2) is 0 Å². The maximum Gasteiger partial charge on any atom is 0.0338 e. The monoisotopic (exact) mass is 204 g/mol. The first-order chi connectivity index (χ1) is 5.81. The van der Waals surface area contributed by atoms with Crippen molar-refractivity contribution in [1.29, 1.82) is 0 Å². The van der Waals surface area contributed by atoms with Gasteiger partial charge in [0.2, 0.25) is 0 Å². The summed E-state index contributed by atoms with van der Waals surface area (Å²) in [7, 11) is 0. The summed E-state index contributed by atoms with van der Waals surface area (Å²) in [5.74, 6) is 0.733. The molecule has 0 saturated heterocycles. The molecule has 0 heterocycles. The predicted molar refractivity (Wildman–Crippen MR) is 62.4 cm³/mol. The zero-order valence-corrected chi connectivity index (χ0v) is 10.6. The Morgan fingerprint density at radius 2 is 1.69 bits per heavy atom. The van der Waals surface area contributed by atoms with E-state index in [1.807, 2.05) is 0 Å². The standard InChI is InChI=1S/C12H25Cl/c1-10(2)9-11(13)7-6-8-12(3,4)5/h10-11H,6-9H2,1-5H3. The van der Waals surface area contributed by atoms with Gasteiger partial charge in [0.25, 0.3) is 0 Å². The highest BCUT2D eigenvalue weighted by atomic mass is 35.5. The molecular weight excluding hydrogens is 180 g/mol. The van der Waals surface area contributed by atoms with E-state index in [1.54, 1.807) is 0 Å². The van der Waals surface area contributed by atoms with Crippen molar-refractivity contribution in [2.75, 3.05) is 0 Å². The van der Waals surface area contributed by atoms with Crippen molar-refractivity contribution < 1.29 is 0 Å². The Balaban J connectivity index is 3.42. The molecule has 1 atom stereocenters. The minimum absolute atomic E-state index is 0.391. The van der Waals surface area contributed by atoms with E-state index >= 15 is 0 Å². The minimum Gasteiger partial charge on any atom is -0.123 e. The van der Waals surface area contributed by atoms with E-state index in [1.165, 1.54) is 19.3 Å². The van der Waals surface area contributed by atoms with Crippen molar-refractivity contribution in [1.82, 2.24) is 0 Å². The largest absolute Gasteiger partial charge is 0.123 e. The molecular formula is C12H25Cl. The highest BCUT2D eigenvalue weighted by Gasteiger charge is 2.12. The summed E-state index contributed by atoms with van der Waals surface area (Å²) in [6.45, 7) is 11.3. The summed E-state index contributed by atoms with van der Waals surface area (Å²) in [5, 5.41) is 0.391. The molecule has 13 heavy (non-hydrogen) atoms. The van der Waals surface area contributed by atoms with Gasteiger partial charge >= 0.3 is 0 Å². The molecule has 0 spiro atoms. The van der Waals surface area contributed by atoms with Gasteiger partial charge in [0.1, 0.15) is 0 Å². The van der Waals surface area contributed by atoms with E-state index in [0.29, 0.717) is 10.8 Å². The molecule has 0 N–H and O–H groups in total. The highest BCUT2D eigenvalue weighted by molar-refractivity contribution is 6.20. The fourth-order valence-electron chi connectivity index (χ4n) is 1.48. The van der Waals surface area contributed by atoms with Gasteiger partial charge in [-0.05, 0) is 30.6 Å². The van der Waals surface area contributed by atoms with E-state index in [4.69, 9.17) is 11.6 Å². The Morgan fingerprint density at radius 1 is 1.15 bits per heavy atom. The molecule has 80 valence electrons. The summed E-state index contributed by atoms with van der Waals surface area (Å²) in [6, 6.07) is 0. The van der Waals surface area contributed by atoms with Crippen LogP contribution in [0.5, 0.6) is 0 Å². The fourth-order valence-corrected chi connectivity index (χ4v) is 1.99. The first kappa shape index (κ1) is 13.3. The lowest BCUT2D eigenvalue weighted by atomic mass is 9.89. The first-order valence-corrected chi connectivity index (χ1v) is 5.89. The molecule has 0 rings (SSSR count). The summed E-state index contributed by atoms with van der Waals surface area (Å²) >= 11 is 6.20. The summed E-state index contributed by atoms with van der Waals surface area (Å²) in [5.41, 5.74) is 0.467. The Bertz CT molecular complexity index is 122. The zero-order chi connectivity index (χ0) is 10.5. The van der Waals surface area contributed by atoms with Gasteiger partial charge in [-0.2, -0.15) is 0 Å². The van der Waals surface area contributed by atoms with E-state index in [0.717, 1.165) is 12.3 Å². The van der Waals surface area contributed by atoms with Crippen LogP contribution in [0.25, 0.3) is 0 Å². The lowest BCUT2D eigenvalue weighted by Gasteiger charge is -2.19. The molecule has 0 aromatic carbocycles. The molecule has 0 fully saturated rings. The minimum atomic E-state index is 0.391. The third kappa shape index (κ3) is 10.2. The van der Waals surface area contributed by atoms with E-state index in [-0.39, 0.29) is 0 Å². The molecule has 1 heteroatoms. The molecule has 0 amide bonds. The van der Waals surface area contributed by atoms with Crippen LogP contribution in [0.1, 0.15) is 60.3 Å². The molecule has 0 bridgehead atoms. The second-order valence-corrected chi connectivity index (χ2v) is 6.30. The lowest BCUT2D eigenvalue weighted by molar-refractivity contribution is 0.355. The second kappa shape index (κ2) is 5.90. The smallest absolute Gasteiger partial charge is 0.0338 e. The molecule has 0 aromatic rings. The van der Waals surface area contributed by atoms with Crippen molar-refractivity contribution >= 4 is 11.6 Å². The van der Waals surface area contributed by atoms with Gasteiger partial charge in [-0.3, -0.25) is 0 Å². The van der Waals surface area contributed by atoms with Crippen LogP contribution in [0.15, 0.2) is 0 Å². The van der Waals surface area contributed by atoms with Crippen molar-refractivity contribution in [3.8, 4) is 0 Å². The van der Waals surface area contributed by atoms with Gasteiger partial charge in [0, 0.05) is 5.38 Å². The van der Waals surface area contributed by atoms with Crippen molar-refractivity contribution in [3.05, 3.63) is 0 Å². The Labute approximate surface area is 89.1 Å². The summed E-state index contributed by atoms with van der Waals surface area (Å²) in [4.78, 5) is 0. The van der Waals surface area contributed by atoms with E-state index in [2.05, 4.69) is 34.6 Å². The molecule has 1 unspecified atom stereocenters. The van der Waals surface area contributed by atoms with Crippen LogP contribution >= 0.6 is 11.6 Å². The maximum atomic E-state index is 6.20. The van der Waals surface area contributed by atoms with Crippen LogP contribution < -0.4 is 0 Å². The lowest BCUT2D eigenvalue weighted by Crippen LogP contribution is -2.08. The highest BCUT2D eigenvalue weighted by Crippen LogP contribution is 2.24. The second-order valence-electron chi connectivity index (χ2n) is 5.68. The van der Waals surface area contributed by atoms with Crippen LogP contribution in [0, 0.1) is 11.3 Å². The van der Waals surface area contributed by atoms with Crippen molar-refractivity contribution in [2.24, 2.45) is 11.3 Å². The average Bonchev–Trinajstić information content (AvgIpc) is 1.81. The predicted octanol–water partition coefficient (Wildman–Crippen LogP) is 4.86.